The summed E-state index contributed by atoms with van der Waals surface area (Å²) in [5.74, 6) is -168. The molecule has 432 valence electrons. The fourth-order valence-corrected chi connectivity index (χ4v) is 4.37. The normalized spacial score (nSPS) is 15.8. The minimum Gasteiger partial charge on any atom is -0.443 e. The van der Waals surface area contributed by atoms with Crippen LogP contribution in [0.25, 0.3) is 0 Å². The number of rotatable bonds is 18. The molecule has 0 spiro atoms. The van der Waals surface area contributed by atoms with E-state index in [1.165, 1.54) is 0 Å². The van der Waals surface area contributed by atoms with Crippen LogP contribution in [0.2, 0.25) is 0 Å². The Hall–Kier alpha value is -5.62. The summed E-state index contributed by atoms with van der Waals surface area (Å²) in [4.78, 5) is 0. The Bertz CT molecular complexity index is 2420. The Morgan fingerprint density at radius 1 is 0.227 bits per heavy atom. The molecule has 0 amide bonds. The first-order valence-corrected chi connectivity index (χ1v) is 16.2. The molecule has 75 heavy (non-hydrogen) atoms. The highest BCUT2D eigenvalue weighted by atomic mass is 19.4. The van der Waals surface area contributed by atoms with E-state index in [4.69, 9.17) is 0 Å². The minimum absolute atomic E-state index is 2.64. The Balaban J connectivity index is 3.01. The van der Waals surface area contributed by atoms with Crippen molar-refractivity contribution in [1.29, 1.82) is 0 Å². The number of alkyl halides is 30. The van der Waals surface area contributed by atoms with Crippen molar-refractivity contribution in [3.05, 3.63) is 70.2 Å². The van der Waals surface area contributed by atoms with Crippen LogP contribution in [-0.4, -0.2) is 83.4 Å². The van der Waals surface area contributed by atoms with Gasteiger partial charge in [-0.15, -0.1) is 0 Å². The number of hydrogen-bond donors (Lipinski definition) is 0. The van der Waals surface area contributed by atoms with E-state index in [9.17, 15) is 184 Å². The van der Waals surface area contributed by atoms with Crippen LogP contribution in [0.3, 0.4) is 0 Å². The second-order valence-corrected chi connectivity index (χ2v) is 13.2. The van der Waals surface area contributed by atoms with Crippen molar-refractivity contribution in [2.24, 2.45) is 0 Å². The highest BCUT2D eigenvalue weighted by Crippen LogP contribution is 2.66. The second-order valence-electron chi connectivity index (χ2n) is 13.2. The van der Waals surface area contributed by atoms with Gasteiger partial charge in [-0.25, -0.2) is 17.6 Å². The minimum atomic E-state index is -9.37. The third-order valence-corrected chi connectivity index (χ3v) is 8.51. The molecule has 45 heteroatoms. The summed E-state index contributed by atoms with van der Waals surface area (Å²) in [6.45, 7) is 0. The molecular weight excluding hydrogens is 1210 g/mol. The first kappa shape index (κ1) is 65.5. The Morgan fingerprint density at radius 2 is 0.400 bits per heavy atom. The van der Waals surface area contributed by atoms with E-state index in [1.807, 2.05) is 0 Å². The van der Waals surface area contributed by atoms with E-state index in [0.29, 0.717) is 0 Å². The smallest absolute Gasteiger partial charge is 0.443 e. The second kappa shape index (κ2) is 18.5. The van der Waals surface area contributed by atoms with Gasteiger partial charge in [0, 0.05) is 0 Å². The predicted octanol–water partition coefficient (Wildman–Crippen LogP) is 16.3. The van der Waals surface area contributed by atoms with E-state index in [0.717, 1.165) is 0 Å². The third kappa shape index (κ3) is 9.06. The summed E-state index contributed by atoms with van der Waals surface area (Å²) in [6, 6.07) is -10.2. The molecule has 2 aromatic carbocycles. The topological polar surface area (TPSA) is 27.7 Å². The predicted molar refractivity (Wildman–Crippen MR) is 144 cm³/mol. The van der Waals surface area contributed by atoms with Crippen LogP contribution in [0.4, 0.5) is 184 Å². The molecule has 0 heterocycles. The van der Waals surface area contributed by atoms with Crippen molar-refractivity contribution >= 4 is 0 Å². The van der Waals surface area contributed by atoms with Crippen LogP contribution in [-0.2, 0) is 0 Å². The van der Waals surface area contributed by atoms with E-state index >= 15 is 0 Å². The zero-order valence-corrected chi connectivity index (χ0v) is 32.1. The zero-order chi connectivity index (χ0) is 60.4. The fourth-order valence-electron chi connectivity index (χ4n) is 4.37. The molecule has 0 unspecified atom stereocenters. The molecule has 0 N–H and O–H groups in total. The highest BCUT2D eigenvalue weighted by Gasteiger charge is 2.95. The molecule has 2 aromatic rings. The molecule has 0 saturated heterocycles. The van der Waals surface area contributed by atoms with Crippen molar-refractivity contribution in [3.63, 3.8) is 0 Å². The average molecular weight is 1210 g/mol. The van der Waals surface area contributed by atoms with Gasteiger partial charge in [0.25, 0.3) is 0 Å². The van der Waals surface area contributed by atoms with Gasteiger partial charge in [0.05, 0.1) is 0 Å². The fraction of sp³-hybridized carbons (Fsp3) is 0.467. The van der Waals surface area contributed by atoms with Crippen molar-refractivity contribution in [2.45, 2.75) is 83.4 Å². The van der Waals surface area contributed by atoms with Gasteiger partial charge in [-0.3, -0.25) is 0 Å². The maximum absolute atomic E-state index is 14.8. The van der Waals surface area contributed by atoms with Crippen molar-refractivity contribution in [3.8, 4) is 23.0 Å². The van der Waals surface area contributed by atoms with Gasteiger partial charge in [0.15, 0.2) is 0 Å². The molecule has 2 rings (SSSR count). The van der Waals surface area contributed by atoms with Gasteiger partial charge in [-0.05, 0) is 0 Å². The molecule has 0 fully saturated rings. The van der Waals surface area contributed by atoms with Crippen LogP contribution < -0.4 is 14.2 Å². The molecule has 0 atom stereocenters. The van der Waals surface area contributed by atoms with E-state index in [-0.39, 0.29) is 0 Å². The Morgan fingerprint density at radius 3 is 0.600 bits per heavy atom. The van der Waals surface area contributed by atoms with Gasteiger partial charge >= 0.3 is 95.4 Å². The van der Waals surface area contributed by atoms with Crippen molar-refractivity contribution in [1.82, 2.24) is 0 Å². The van der Waals surface area contributed by atoms with Gasteiger partial charge in [-0.2, -0.15) is 167 Å². The lowest BCUT2D eigenvalue weighted by molar-refractivity contribution is -0.451. The van der Waals surface area contributed by atoms with Crippen molar-refractivity contribution < 1.29 is 199 Å². The first-order valence-electron chi connectivity index (χ1n) is 16.2. The quantitative estimate of drug-likeness (QED) is 0.0644. The number of ether oxygens (including phenoxy) is 3. The Kier molecular flexibility index (Phi) is 16.2. The number of halogens is 42. The summed E-state index contributed by atoms with van der Waals surface area (Å²) in [5.41, 5.74) is 0. The standard InChI is InChI=1S/C30F42O3/c31-1-3(33)7(37)11(74-15(41)13(39)17(43,44)19(47,48)21(51,52)23(55,56)25(59,60)27(63,64)29(67,68)69)9(5(1)35)73-10-6(36)2(32)4(34)8(38)12(10)75-16(42)14(40)18(45,46)20(49,50)22(53,54)24(57,58)26(61,62)28(65,66)30(70,71)72. The lowest BCUT2D eigenvalue weighted by atomic mass is 9.91. The molecule has 0 aliphatic heterocycles. The van der Waals surface area contributed by atoms with Crippen molar-refractivity contribution in [2.75, 3.05) is 0 Å². The summed E-state index contributed by atoms with van der Waals surface area (Å²) >= 11 is 0. The SMILES string of the molecule is FC(Oc1c(F)c(F)c(F)c(F)c1Oc1c(F)c(F)c(F)c(F)c1OC(F)=C(F)C(F)(F)C(F)(F)C(F)(F)C(F)(F)C(F)(F)C(F)(F)C(F)(F)F)=C(F)C(F)(F)C(F)(F)C(F)(F)C(F)(F)C(F)(F)C(F)(F)C(F)(F)F. The van der Waals surface area contributed by atoms with E-state index < -0.39 is 177 Å². The molecular formula is C30F42O3. The lowest BCUT2D eigenvalue weighted by Crippen LogP contribution is -2.72. The molecule has 0 aliphatic rings. The maximum Gasteiger partial charge on any atom is 0.460 e. The summed E-state index contributed by atoms with van der Waals surface area (Å²) in [5, 5.41) is 0. The van der Waals surface area contributed by atoms with Gasteiger partial charge in [0.1, 0.15) is 0 Å². The average Bonchev–Trinajstić information content (AvgIpc) is 3.25. The maximum atomic E-state index is 14.8. The van der Waals surface area contributed by atoms with E-state index in [1.54, 1.807) is 0 Å². The molecule has 0 aliphatic carbocycles. The van der Waals surface area contributed by atoms with E-state index in [2.05, 4.69) is 14.2 Å². The first-order chi connectivity index (χ1) is 32.6. The largest absolute Gasteiger partial charge is 0.460 e. The van der Waals surface area contributed by atoms with Crippen LogP contribution in [0.1, 0.15) is 0 Å². The highest BCUT2D eigenvalue weighted by molar-refractivity contribution is 5.52. The van der Waals surface area contributed by atoms with Crippen LogP contribution in [0.15, 0.2) is 23.7 Å². The molecule has 0 bridgehead atoms. The number of allylic oxidation sites excluding steroid dienone is 2. The third-order valence-electron chi connectivity index (χ3n) is 8.51. The van der Waals surface area contributed by atoms with Gasteiger partial charge < -0.3 is 14.2 Å². The van der Waals surface area contributed by atoms with Crippen LogP contribution in [0.5, 0.6) is 23.0 Å². The Labute approximate surface area is 376 Å². The molecule has 0 saturated carbocycles. The van der Waals surface area contributed by atoms with Gasteiger partial charge in [0.2, 0.25) is 81.2 Å². The van der Waals surface area contributed by atoms with Crippen LogP contribution >= 0.6 is 0 Å². The number of benzene rings is 2. The monoisotopic (exact) mass is 1210 g/mol. The molecule has 0 aromatic heterocycles. The van der Waals surface area contributed by atoms with Crippen LogP contribution in [0, 0.1) is 46.5 Å². The molecule has 3 nitrogen and oxygen atoms in total. The summed E-state index contributed by atoms with van der Waals surface area (Å²) in [7, 11) is 0. The summed E-state index contributed by atoms with van der Waals surface area (Å²) in [6.07, 6.45) is -16.5. The summed E-state index contributed by atoms with van der Waals surface area (Å²) < 4.78 is 585. The zero-order valence-electron chi connectivity index (χ0n) is 32.1. The molecule has 0 radical (unpaired) electrons. The number of hydrogen-bond acceptors (Lipinski definition) is 3. The van der Waals surface area contributed by atoms with Gasteiger partial charge in [-0.1, -0.05) is 0 Å². The lowest BCUT2D eigenvalue weighted by Gasteiger charge is -2.41.